The van der Waals surface area contributed by atoms with E-state index in [9.17, 15) is 0 Å². The van der Waals surface area contributed by atoms with Gasteiger partial charge in [0.05, 0.1) is 0 Å². The molecule has 0 amide bonds. The minimum atomic E-state index is 0.720. The highest BCUT2D eigenvalue weighted by Crippen LogP contribution is 2.20. The Morgan fingerprint density at radius 1 is 1.09 bits per heavy atom. The van der Waals surface area contributed by atoms with Crippen molar-refractivity contribution in [1.29, 1.82) is 0 Å². The molecule has 66 valence electrons. The summed E-state index contributed by atoms with van der Waals surface area (Å²) in [7, 11) is 0. The van der Waals surface area contributed by atoms with Gasteiger partial charge in [-0.2, -0.15) is 0 Å². The second-order valence-corrected chi connectivity index (χ2v) is 4.11. The van der Waals surface area contributed by atoms with Gasteiger partial charge in [-0.25, -0.2) is 0 Å². The fraction of sp³-hybridized carbons (Fsp3) is 0.818. The van der Waals surface area contributed by atoms with Gasteiger partial charge in [-0.1, -0.05) is 40.2 Å². The van der Waals surface area contributed by atoms with Gasteiger partial charge in [0.25, 0.3) is 0 Å². The van der Waals surface area contributed by atoms with Crippen LogP contribution in [0.4, 0.5) is 0 Å². The summed E-state index contributed by atoms with van der Waals surface area (Å²) >= 11 is 0. The van der Waals surface area contributed by atoms with Gasteiger partial charge in [0, 0.05) is 0 Å². The topological polar surface area (TPSA) is 0 Å². The van der Waals surface area contributed by atoms with Crippen LogP contribution in [0.25, 0.3) is 0 Å². The molecule has 0 fully saturated rings. The van der Waals surface area contributed by atoms with Crippen molar-refractivity contribution in [3.63, 3.8) is 0 Å². The van der Waals surface area contributed by atoms with Gasteiger partial charge in [0.2, 0.25) is 0 Å². The second kappa shape index (κ2) is 5.40. The van der Waals surface area contributed by atoms with E-state index in [0.29, 0.717) is 0 Å². The van der Waals surface area contributed by atoms with Crippen molar-refractivity contribution >= 4 is 0 Å². The van der Waals surface area contributed by atoms with E-state index >= 15 is 0 Å². The van der Waals surface area contributed by atoms with E-state index in [1.165, 1.54) is 12.8 Å². The molecule has 11 heavy (non-hydrogen) atoms. The fourth-order valence-electron chi connectivity index (χ4n) is 1.25. The normalized spacial score (nSPS) is 14.0. The van der Waals surface area contributed by atoms with Crippen LogP contribution in [0, 0.1) is 17.8 Å². The second-order valence-electron chi connectivity index (χ2n) is 4.11. The molecule has 0 saturated heterocycles. The summed E-state index contributed by atoms with van der Waals surface area (Å²) in [6.07, 6.45) is 4.74. The lowest BCUT2D eigenvalue weighted by Crippen LogP contribution is -2.06. The molecule has 0 spiro atoms. The van der Waals surface area contributed by atoms with Gasteiger partial charge in [-0.05, 0) is 24.2 Å². The summed E-state index contributed by atoms with van der Waals surface area (Å²) in [5.41, 5.74) is 0. The molecule has 0 aliphatic heterocycles. The average molecular weight is 154 g/mol. The molecule has 0 saturated carbocycles. The molecular formula is C11H22. The third kappa shape index (κ3) is 5.06. The molecule has 1 atom stereocenters. The van der Waals surface area contributed by atoms with E-state index in [4.69, 9.17) is 0 Å². The van der Waals surface area contributed by atoms with Crippen LogP contribution in [0.15, 0.2) is 12.7 Å². The molecule has 0 aliphatic carbocycles. The number of hydrogen-bond acceptors (Lipinski definition) is 0. The lowest BCUT2D eigenvalue weighted by molar-refractivity contribution is 0.394. The Hall–Kier alpha value is -0.260. The Balaban J connectivity index is 3.61. The Kier molecular flexibility index (Phi) is 5.27. The summed E-state index contributed by atoms with van der Waals surface area (Å²) in [4.78, 5) is 0. The van der Waals surface area contributed by atoms with Crippen molar-refractivity contribution in [3.05, 3.63) is 12.7 Å². The van der Waals surface area contributed by atoms with Gasteiger partial charge in [-0.15, -0.1) is 6.58 Å². The van der Waals surface area contributed by atoms with Crippen molar-refractivity contribution in [1.82, 2.24) is 0 Å². The first-order valence-electron chi connectivity index (χ1n) is 4.70. The molecule has 0 nitrogen and oxygen atoms in total. The molecule has 0 heterocycles. The Morgan fingerprint density at radius 3 is 1.91 bits per heavy atom. The summed E-state index contributed by atoms with van der Waals surface area (Å²) < 4.78 is 0. The first-order chi connectivity index (χ1) is 5.07. The van der Waals surface area contributed by atoms with Gasteiger partial charge in [0.1, 0.15) is 0 Å². The molecule has 0 aromatic carbocycles. The quantitative estimate of drug-likeness (QED) is 0.527. The molecule has 0 heteroatoms. The first kappa shape index (κ1) is 10.7. The Bertz CT molecular complexity index is 101. The predicted molar refractivity (Wildman–Crippen MR) is 52.6 cm³/mol. The molecule has 0 rings (SSSR count). The smallest absolute Gasteiger partial charge is 0.0213 e. The maximum atomic E-state index is 3.86. The van der Waals surface area contributed by atoms with E-state index in [-0.39, 0.29) is 0 Å². The molecule has 0 aliphatic rings. The highest BCUT2D eigenvalue weighted by molar-refractivity contribution is 4.81. The van der Waals surface area contributed by atoms with Crippen LogP contribution in [0.2, 0.25) is 0 Å². The Labute approximate surface area is 71.7 Å². The van der Waals surface area contributed by atoms with Crippen molar-refractivity contribution < 1.29 is 0 Å². The number of hydrogen-bond donors (Lipinski definition) is 0. The highest BCUT2D eigenvalue weighted by Gasteiger charge is 2.08. The van der Waals surface area contributed by atoms with E-state index in [1.807, 2.05) is 0 Å². The van der Waals surface area contributed by atoms with Crippen molar-refractivity contribution in [2.75, 3.05) is 0 Å². The fourth-order valence-corrected chi connectivity index (χ4v) is 1.25. The molecule has 0 aromatic heterocycles. The van der Waals surface area contributed by atoms with Gasteiger partial charge in [0.15, 0.2) is 0 Å². The van der Waals surface area contributed by atoms with Crippen LogP contribution in [-0.2, 0) is 0 Å². The molecule has 0 N–H and O–H groups in total. The van der Waals surface area contributed by atoms with Crippen LogP contribution >= 0.6 is 0 Å². The third-order valence-corrected chi connectivity index (χ3v) is 2.24. The summed E-state index contributed by atoms with van der Waals surface area (Å²) in [6.45, 7) is 13.0. The maximum Gasteiger partial charge on any atom is -0.0213 e. The standard InChI is InChI=1S/C11H22/c1-6-11(10(4)5)8-7-9(2)3/h6,9-11H,1,7-8H2,2-5H3. The van der Waals surface area contributed by atoms with Crippen LogP contribution in [-0.4, -0.2) is 0 Å². The maximum absolute atomic E-state index is 3.86. The monoisotopic (exact) mass is 154 g/mol. The minimum Gasteiger partial charge on any atom is -0.103 e. The zero-order valence-electron chi connectivity index (χ0n) is 8.43. The lowest BCUT2D eigenvalue weighted by atomic mass is 9.89. The number of rotatable bonds is 5. The SMILES string of the molecule is C=CC(CCC(C)C)C(C)C. The van der Waals surface area contributed by atoms with E-state index in [1.54, 1.807) is 0 Å². The third-order valence-electron chi connectivity index (χ3n) is 2.24. The van der Waals surface area contributed by atoms with Gasteiger partial charge >= 0.3 is 0 Å². The van der Waals surface area contributed by atoms with Gasteiger partial charge < -0.3 is 0 Å². The van der Waals surface area contributed by atoms with Crippen LogP contribution in [0.5, 0.6) is 0 Å². The largest absolute Gasteiger partial charge is 0.103 e. The van der Waals surface area contributed by atoms with E-state index in [0.717, 1.165) is 17.8 Å². The van der Waals surface area contributed by atoms with Crippen LogP contribution in [0.1, 0.15) is 40.5 Å². The minimum absolute atomic E-state index is 0.720. The van der Waals surface area contributed by atoms with Crippen molar-refractivity contribution in [3.8, 4) is 0 Å². The summed E-state index contributed by atoms with van der Waals surface area (Å²) in [5.74, 6) is 2.31. The average Bonchev–Trinajstić information content (AvgIpc) is 1.87. The lowest BCUT2D eigenvalue weighted by Gasteiger charge is -2.17. The highest BCUT2D eigenvalue weighted by atomic mass is 14.1. The zero-order chi connectivity index (χ0) is 8.85. The van der Waals surface area contributed by atoms with Crippen molar-refractivity contribution in [2.24, 2.45) is 17.8 Å². The zero-order valence-corrected chi connectivity index (χ0v) is 8.43. The van der Waals surface area contributed by atoms with Crippen molar-refractivity contribution in [2.45, 2.75) is 40.5 Å². The predicted octanol–water partition coefficient (Wildman–Crippen LogP) is 3.88. The first-order valence-corrected chi connectivity index (χ1v) is 4.70. The molecular weight excluding hydrogens is 132 g/mol. The van der Waals surface area contributed by atoms with Gasteiger partial charge in [-0.3, -0.25) is 0 Å². The summed E-state index contributed by atoms with van der Waals surface area (Å²) in [6, 6.07) is 0. The van der Waals surface area contributed by atoms with Crippen LogP contribution in [0.3, 0.4) is 0 Å². The van der Waals surface area contributed by atoms with Crippen LogP contribution < -0.4 is 0 Å². The Morgan fingerprint density at radius 2 is 1.64 bits per heavy atom. The molecule has 1 unspecified atom stereocenters. The number of allylic oxidation sites excluding steroid dienone is 1. The molecule has 0 bridgehead atoms. The summed E-state index contributed by atoms with van der Waals surface area (Å²) in [5, 5.41) is 0. The van der Waals surface area contributed by atoms with E-state index < -0.39 is 0 Å². The van der Waals surface area contributed by atoms with E-state index in [2.05, 4.69) is 40.3 Å². The molecule has 0 radical (unpaired) electrons. The molecule has 0 aromatic rings.